The molecular weight excluding hydrogens is 144 g/mol. The van der Waals surface area contributed by atoms with Crippen LogP contribution < -0.4 is 0 Å². The molecule has 0 bridgehead atoms. The average Bonchev–Trinajstić information content (AvgIpc) is 1.60. The molecule has 0 aliphatic rings. The molecule has 0 heterocycles. The Morgan fingerprint density at radius 2 is 1.80 bits per heavy atom. The first-order valence-electron chi connectivity index (χ1n) is 3.22. The summed E-state index contributed by atoms with van der Waals surface area (Å²) in [4.78, 5) is 12.0. The Kier molecular flexibility index (Phi) is 3.16. The number of allylic oxidation sites excluding steroid dienone is 1. The van der Waals surface area contributed by atoms with Crippen LogP contribution in [0.15, 0.2) is 11.5 Å². The summed E-state index contributed by atoms with van der Waals surface area (Å²) in [6.07, 6.45) is 0. The van der Waals surface area contributed by atoms with Gasteiger partial charge in [0.15, 0.2) is 5.12 Å². The Morgan fingerprint density at radius 3 is 1.90 bits per heavy atom. The van der Waals surface area contributed by atoms with Crippen LogP contribution in [-0.2, 0) is 4.79 Å². The van der Waals surface area contributed by atoms with E-state index in [4.69, 9.17) is 0 Å². The molecule has 0 aromatic rings. The van der Waals surface area contributed by atoms with Crippen LogP contribution >= 0.6 is 11.8 Å². The van der Waals surface area contributed by atoms with E-state index < -0.39 is 0 Å². The maximum Gasteiger partial charge on any atom is 0.198 e. The van der Waals surface area contributed by atoms with E-state index in [9.17, 15) is 4.79 Å². The largest absolute Gasteiger partial charge is 0.286 e. The van der Waals surface area contributed by atoms with Gasteiger partial charge in [0.25, 0.3) is 0 Å². The van der Waals surface area contributed by atoms with Gasteiger partial charge in [-0.15, -0.1) is 0 Å². The molecule has 0 aliphatic carbocycles. The van der Waals surface area contributed by atoms with E-state index in [0.29, 0.717) is 0 Å². The normalized spacial score (nSPS) is 11.2. The lowest BCUT2D eigenvalue weighted by Gasteiger charge is -2.14. The predicted molar refractivity (Wildman–Crippen MR) is 46.9 cm³/mol. The van der Waals surface area contributed by atoms with Crippen molar-refractivity contribution in [2.45, 2.75) is 27.7 Å². The van der Waals surface area contributed by atoms with Crippen molar-refractivity contribution in [2.75, 3.05) is 0 Å². The number of thioether (sulfide) groups is 1. The first-order chi connectivity index (χ1) is 4.34. The molecule has 0 amide bonds. The number of rotatable bonds is 1. The van der Waals surface area contributed by atoms with Gasteiger partial charge in [0, 0.05) is 5.41 Å². The molecule has 0 spiro atoms. The van der Waals surface area contributed by atoms with Gasteiger partial charge in [-0.2, -0.15) is 0 Å². The molecule has 10 heavy (non-hydrogen) atoms. The lowest BCUT2D eigenvalue weighted by molar-refractivity contribution is -0.117. The van der Waals surface area contributed by atoms with Gasteiger partial charge in [-0.25, -0.2) is 0 Å². The molecule has 0 saturated heterocycles. The Morgan fingerprint density at radius 1 is 1.40 bits per heavy atom. The first-order valence-corrected chi connectivity index (χ1v) is 4.03. The fourth-order valence-electron chi connectivity index (χ4n) is 0.311. The second-order valence-electron chi connectivity index (χ2n) is 3.34. The minimum absolute atomic E-state index is 0.181. The second kappa shape index (κ2) is 3.24. The number of hydrogen-bond donors (Lipinski definition) is 0. The van der Waals surface area contributed by atoms with Gasteiger partial charge in [0.1, 0.15) is 0 Å². The van der Waals surface area contributed by atoms with Crippen LogP contribution in [0.5, 0.6) is 0 Å². The molecule has 1 nitrogen and oxygen atoms in total. The van der Waals surface area contributed by atoms with Gasteiger partial charge < -0.3 is 0 Å². The van der Waals surface area contributed by atoms with Crippen molar-refractivity contribution >= 4 is 16.9 Å². The van der Waals surface area contributed by atoms with Crippen LogP contribution in [0.4, 0.5) is 0 Å². The first kappa shape index (κ1) is 9.76. The number of carbonyl (C=O) groups excluding carboxylic acids is 1. The third-order valence-corrected chi connectivity index (χ3v) is 2.03. The quantitative estimate of drug-likeness (QED) is 0.583. The molecule has 0 N–H and O–H groups in total. The fraction of sp³-hybridized carbons (Fsp3) is 0.625. The molecule has 0 aromatic heterocycles. The van der Waals surface area contributed by atoms with E-state index >= 15 is 0 Å². The zero-order valence-electron chi connectivity index (χ0n) is 7.02. The zero-order chi connectivity index (χ0) is 8.36. The van der Waals surface area contributed by atoms with Crippen LogP contribution in [0.2, 0.25) is 0 Å². The van der Waals surface area contributed by atoms with E-state index in [2.05, 4.69) is 6.58 Å². The topological polar surface area (TPSA) is 17.1 Å². The monoisotopic (exact) mass is 158 g/mol. The lowest BCUT2D eigenvalue weighted by atomic mass is 10.00. The van der Waals surface area contributed by atoms with E-state index in [1.807, 2.05) is 27.7 Å². The predicted octanol–water partition coefficient (Wildman–Crippen LogP) is 2.83. The zero-order valence-corrected chi connectivity index (χ0v) is 7.84. The van der Waals surface area contributed by atoms with Crippen molar-refractivity contribution in [3.63, 3.8) is 0 Å². The van der Waals surface area contributed by atoms with Crippen molar-refractivity contribution in [2.24, 2.45) is 5.41 Å². The second-order valence-corrected chi connectivity index (χ2v) is 4.61. The van der Waals surface area contributed by atoms with Crippen LogP contribution in [0.25, 0.3) is 0 Å². The van der Waals surface area contributed by atoms with E-state index in [1.165, 1.54) is 11.8 Å². The third kappa shape index (κ3) is 3.72. The molecule has 0 unspecified atom stereocenters. The summed E-state index contributed by atoms with van der Waals surface area (Å²) < 4.78 is 0. The molecule has 0 radical (unpaired) electrons. The van der Waals surface area contributed by atoms with Gasteiger partial charge >= 0.3 is 0 Å². The van der Waals surface area contributed by atoms with Gasteiger partial charge in [-0.05, 0) is 11.8 Å². The van der Waals surface area contributed by atoms with E-state index in [-0.39, 0.29) is 10.5 Å². The summed E-state index contributed by atoms with van der Waals surface area (Å²) in [5, 5.41) is 0.181. The average molecular weight is 158 g/mol. The van der Waals surface area contributed by atoms with Gasteiger partial charge in [0.05, 0.1) is 0 Å². The van der Waals surface area contributed by atoms with Crippen LogP contribution in [-0.4, -0.2) is 5.12 Å². The van der Waals surface area contributed by atoms with Crippen molar-refractivity contribution < 1.29 is 4.79 Å². The molecule has 0 aromatic carbocycles. The minimum atomic E-state index is -0.246. The molecule has 0 atom stereocenters. The van der Waals surface area contributed by atoms with Crippen LogP contribution in [0, 0.1) is 5.41 Å². The Bertz CT molecular complexity index is 153. The molecule has 2 heteroatoms. The van der Waals surface area contributed by atoms with Gasteiger partial charge in [-0.3, -0.25) is 4.79 Å². The highest BCUT2D eigenvalue weighted by Crippen LogP contribution is 2.26. The summed E-state index contributed by atoms with van der Waals surface area (Å²) in [5.41, 5.74) is -0.246. The third-order valence-electron chi connectivity index (χ3n) is 0.879. The summed E-state index contributed by atoms with van der Waals surface area (Å²) in [6, 6.07) is 0. The smallest absolute Gasteiger partial charge is 0.198 e. The molecule has 0 fully saturated rings. The summed E-state index contributed by atoms with van der Waals surface area (Å²) in [7, 11) is 0. The van der Waals surface area contributed by atoms with Crippen LogP contribution in [0.3, 0.4) is 0 Å². The van der Waals surface area contributed by atoms with Crippen molar-refractivity contribution in [3.05, 3.63) is 11.5 Å². The fourth-order valence-corrected chi connectivity index (χ4v) is 0.934. The summed E-state index contributed by atoms with van der Waals surface area (Å²) in [6.45, 7) is 11.2. The highest BCUT2D eigenvalue weighted by molar-refractivity contribution is 8.16. The van der Waals surface area contributed by atoms with Gasteiger partial charge in [-0.1, -0.05) is 39.1 Å². The minimum Gasteiger partial charge on any atom is -0.286 e. The van der Waals surface area contributed by atoms with E-state index in [1.54, 1.807) is 0 Å². The highest BCUT2D eigenvalue weighted by Gasteiger charge is 2.21. The highest BCUT2D eigenvalue weighted by atomic mass is 32.2. The number of hydrogen-bond acceptors (Lipinski definition) is 2. The molecule has 0 saturated carbocycles. The SMILES string of the molecule is C=C(C)SC(=O)C(C)(C)C. The Labute approximate surface area is 66.9 Å². The van der Waals surface area contributed by atoms with Crippen molar-refractivity contribution in [1.29, 1.82) is 0 Å². The van der Waals surface area contributed by atoms with Crippen molar-refractivity contribution in [3.8, 4) is 0 Å². The molecule has 0 rings (SSSR count). The summed E-state index contributed by atoms with van der Waals surface area (Å²) >= 11 is 1.23. The van der Waals surface area contributed by atoms with Crippen molar-refractivity contribution in [1.82, 2.24) is 0 Å². The number of carbonyl (C=O) groups is 1. The maximum absolute atomic E-state index is 11.2. The Hall–Kier alpha value is -0.240. The lowest BCUT2D eigenvalue weighted by Crippen LogP contribution is -2.15. The maximum atomic E-state index is 11.2. The van der Waals surface area contributed by atoms with Gasteiger partial charge in [0.2, 0.25) is 0 Å². The molecular formula is C8H14OS. The van der Waals surface area contributed by atoms with E-state index in [0.717, 1.165) is 4.91 Å². The molecule has 58 valence electrons. The summed E-state index contributed by atoms with van der Waals surface area (Å²) in [5.74, 6) is 0. The molecule has 0 aliphatic heterocycles. The Balaban J connectivity index is 3.99. The standard InChI is InChI=1S/C8H14OS/c1-6(2)10-7(9)8(3,4)5/h1H2,2-5H3. The van der Waals surface area contributed by atoms with Crippen LogP contribution in [0.1, 0.15) is 27.7 Å².